The van der Waals surface area contributed by atoms with Crippen LogP contribution in [0.15, 0.2) is 42.5 Å². The average Bonchev–Trinajstić information content (AvgIpc) is 2.61. The zero-order valence-corrected chi connectivity index (χ0v) is 14.5. The van der Waals surface area contributed by atoms with Gasteiger partial charge in [0, 0.05) is 37.2 Å². The third kappa shape index (κ3) is 4.07. The van der Waals surface area contributed by atoms with Crippen molar-refractivity contribution in [1.29, 1.82) is 0 Å². The standard InChI is InChI=1S/C19H16F6N2O/c20-15-4-2-1-3-13(15)18(22)7-9-27(10-8-18)17(28)26-12-5-6-14(16(21)11-12)19(23,24)25/h1-6,11H,7-10H2,(H,26,28). The number of nitrogens with one attached hydrogen (secondary N) is 1. The molecular weight excluding hydrogens is 386 g/mol. The zero-order chi connectivity index (χ0) is 20.5. The fourth-order valence-electron chi connectivity index (χ4n) is 3.18. The molecule has 2 aromatic rings. The highest BCUT2D eigenvalue weighted by Gasteiger charge is 2.39. The molecule has 0 atom stereocenters. The number of anilines is 1. The largest absolute Gasteiger partial charge is 0.419 e. The lowest BCUT2D eigenvalue weighted by atomic mass is 9.86. The molecule has 3 rings (SSSR count). The first-order valence-corrected chi connectivity index (χ1v) is 8.47. The minimum Gasteiger partial charge on any atom is -0.324 e. The van der Waals surface area contributed by atoms with Crippen molar-refractivity contribution in [3.8, 4) is 0 Å². The topological polar surface area (TPSA) is 32.3 Å². The van der Waals surface area contributed by atoms with Crippen molar-refractivity contribution in [2.75, 3.05) is 18.4 Å². The summed E-state index contributed by atoms with van der Waals surface area (Å²) in [5.74, 6) is -2.17. The molecule has 150 valence electrons. The van der Waals surface area contributed by atoms with E-state index in [-0.39, 0.29) is 37.2 Å². The molecule has 1 aliphatic heterocycles. The van der Waals surface area contributed by atoms with Crippen molar-refractivity contribution in [2.45, 2.75) is 24.7 Å². The molecule has 1 fully saturated rings. The number of benzene rings is 2. The number of rotatable bonds is 2. The Morgan fingerprint density at radius 1 is 1.00 bits per heavy atom. The molecule has 1 aliphatic rings. The van der Waals surface area contributed by atoms with Gasteiger partial charge in [-0.15, -0.1) is 0 Å². The molecule has 0 unspecified atom stereocenters. The summed E-state index contributed by atoms with van der Waals surface area (Å²) < 4.78 is 80.3. The van der Waals surface area contributed by atoms with Crippen LogP contribution in [0.3, 0.4) is 0 Å². The van der Waals surface area contributed by atoms with Crippen molar-refractivity contribution in [1.82, 2.24) is 4.90 Å². The molecular formula is C19H16F6N2O. The molecule has 0 aliphatic carbocycles. The van der Waals surface area contributed by atoms with E-state index in [0.717, 1.165) is 12.1 Å². The summed E-state index contributed by atoms with van der Waals surface area (Å²) in [7, 11) is 0. The molecule has 9 heteroatoms. The predicted octanol–water partition coefficient (Wildman–Crippen LogP) is 5.48. The van der Waals surface area contributed by atoms with E-state index in [0.29, 0.717) is 12.1 Å². The summed E-state index contributed by atoms with van der Waals surface area (Å²) in [6, 6.07) is 6.84. The summed E-state index contributed by atoms with van der Waals surface area (Å²) >= 11 is 0. The highest BCUT2D eigenvalue weighted by molar-refractivity contribution is 5.89. The highest BCUT2D eigenvalue weighted by Crippen LogP contribution is 2.38. The van der Waals surface area contributed by atoms with E-state index < -0.39 is 35.1 Å². The Kier molecular flexibility index (Phi) is 5.27. The number of likely N-dealkylation sites (tertiary alicyclic amines) is 1. The van der Waals surface area contributed by atoms with Crippen LogP contribution in [0, 0.1) is 11.6 Å². The van der Waals surface area contributed by atoms with Crippen LogP contribution >= 0.6 is 0 Å². The smallest absolute Gasteiger partial charge is 0.324 e. The molecule has 1 heterocycles. The minimum absolute atomic E-state index is 0.0280. The number of halogens is 6. The van der Waals surface area contributed by atoms with Crippen LogP contribution in [-0.4, -0.2) is 24.0 Å². The Bertz CT molecular complexity index is 875. The van der Waals surface area contributed by atoms with E-state index in [1.54, 1.807) is 0 Å². The number of piperidine rings is 1. The first kappa shape index (κ1) is 20.0. The van der Waals surface area contributed by atoms with E-state index in [1.165, 1.54) is 23.1 Å². The van der Waals surface area contributed by atoms with Gasteiger partial charge in [-0.1, -0.05) is 18.2 Å². The molecule has 0 spiro atoms. The van der Waals surface area contributed by atoms with Crippen molar-refractivity contribution in [2.24, 2.45) is 0 Å². The third-order valence-electron chi connectivity index (χ3n) is 4.73. The van der Waals surface area contributed by atoms with E-state index in [9.17, 15) is 26.7 Å². The van der Waals surface area contributed by atoms with Crippen molar-refractivity contribution in [3.05, 3.63) is 65.2 Å². The van der Waals surface area contributed by atoms with Gasteiger partial charge in [0.15, 0.2) is 0 Å². The quantitative estimate of drug-likeness (QED) is 0.664. The summed E-state index contributed by atoms with van der Waals surface area (Å²) in [6.45, 7) is -0.0560. The highest BCUT2D eigenvalue weighted by atomic mass is 19.4. The van der Waals surface area contributed by atoms with Gasteiger partial charge in [-0.2, -0.15) is 13.2 Å². The number of hydrogen-bond acceptors (Lipinski definition) is 1. The van der Waals surface area contributed by atoms with Gasteiger partial charge >= 0.3 is 12.2 Å². The van der Waals surface area contributed by atoms with Crippen LogP contribution < -0.4 is 5.32 Å². The van der Waals surface area contributed by atoms with Crippen molar-refractivity contribution < 1.29 is 31.1 Å². The van der Waals surface area contributed by atoms with Gasteiger partial charge in [-0.3, -0.25) is 0 Å². The van der Waals surface area contributed by atoms with Gasteiger partial charge in [0.1, 0.15) is 17.3 Å². The van der Waals surface area contributed by atoms with E-state index in [1.807, 2.05) is 0 Å². The molecule has 2 amide bonds. The minimum atomic E-state index is -4.84. The summed E-state index contributed by atoms with van der Waals surface area (Å²) in [6.07, 6.45) is -5.11. The molecule has 0 bridgehead atoms. The molecule has 3 nitrogen and oxygen atoms in total. The predicted molar refractivity (Wildman–Crippen MR) is 90.4 cm³/mol. The molecule has 28 heavy (non-hydrogen) atoms. The third-order valence-corrected chi connectivity index (χ3v) is 4.73. The van der Waals surface area contributed by atoms with Crippen LogP contribution in [0.2, 0.25) is 0 Å². The molecule has 0 aromatic heterocycles. The van der Waals surface area contributed by atoms with Crippen LogP contribution in [0.5, 0.6) is 0 Å². The van der Waals surface area contributed by atoms with Crippen LogP contribution in [0.1, 0.15) is 24.0 Å². The number of amides is 2. The number of carbonyl (C=O) groups is 1. The second-order valence-corrected chi connectivity index (χ2v) is 6.55. The van der Waals surface area contributed by atoms with Gasteiger partial charge < -0.3 is 10.2 Å². The lowest BCUT2D eigenvalue weighted by Gasteiger charge is -2.36. The van der Waals surface area contributed by atoms with E-state index >= 15 is 4.39 Å². The van der Waals surface area contributed by atoms with Gasteiger partial charge in [-0.25, -0.2) is 18.0 Å². The number of urea groups is 1. The van der Waals surface area contributed by atoms with Gasteiger partial charge in [0.2, 0.25) is 0 Å². The van der Waals surface area contributed by atoms with Crippen LogP contribution in [0.25, 0.3) is 0 Å². The lowest BCUT2D eigenvalue weighted by molar-refractivity contribution is -0.139. The second-order valence-electron chi connectivity index (χ2n) is 6.55. The maximum absolute atomic E-state index is 15.1. The monoisotopic (exact) mass is 402 g/mol. The van der Waals surface area contributed by atoms with Crippen LogP contribution in [0.4, 0.5) is 36.8 Å². The molecule has 2 aromatic carbocycles. The lowest BCUT2D eigenvalue weighted by Crippen LogP contribution is -2.45. The SMILES string of the molecule is O=C(Nc1ccc(C(F)(F)F)c(F)c1)N1CCC(F)(c2ccccc2F)CC1. The molecule has 0 radical (unpaired) electrons. The molecule has 1 saturated heterocycles. The Hall–Kier alpha value is -2.71. The number of carbonyl (C=O) groups excluding carboxylic acids is 1. The number of hydrogen-bond donors (Lipinski definition) is 1. The van der Waals surface area contributed by atoms with E-state index in [4.69, 9.17) is 0 Å². The maximum atomic E-state index is 15.1. The Labute approximate surface area is 157 Å². The molecule has 0 saturated carbocycles. The maximum Gasteiger partial charge on any atom is 0.419 e. The Morgan fingerprint density at radius 2 is 1.64 bits per heavy atom. The first-order valence-electron chi connectivity index (χ1n) is 8.47. The summed E-state index contributed by atoms with van der Waals surface area (Å²) in [4.78, 5) is 13.5. The second kappa shape index (κ2) is 7.37. The number of nitrogens with zero attached hydrogens (tertiary/aromatic N) is 1. The molecule has 1 N–H and O–H groups in total. The average molecular weight is 402 g/mol. The number of alkyl halides is 4. The fourth-order valence-corrected chi connectivity index (χ4v) is 3.18. The zero-order valence-electron chi connectivity index (χ0n) is 14.5. The first-order chi connectivity index (χ1) is 13.1. The summed E-state index contributed by atoms with van der Waals surface area (Å²) in [5.41, 5.74) is -3.57. The van der Waals surface area contributed by atoms with Crippen LogP contribution in [-0.2, 0) is 11.8 Å². The van der Waals surface area contributed by atoms with Gasteiger partial charge in [0.25, 0.3) is 0 Å². The van der Waals surface area contributed by atoms with Crippen molar-refractivity contribution in [3.63, 3.8) is 0 Å². The van der Waals surface area contributed by atoms with Crippen molar-refractivity contribution >= 4 is 11.7 Å². The van der Waals surface area contributed by atoms with E-state index in [2.05, 4.69) is 5.32 Å². The summed E-state index contributed by atoms with van der Waals surface area (Å²) in [5, 5.41) is 2.29. The van der Waals surface area contributed by atoms with Gasteiger partial charge in [-0.05, 0) is 24.3 Å². The fraction of sp³-hybridized carbons (Fsp3) is 0.316. The van der Waals surface area contributed by atoms with Gasteiger partial charge in [0.05, 0.1) is 5.56 Å². The Balaban J connectivity index is 1.65. The Morgan fingerprint density at radius 3 is 2.21 bits per heavy atom. The normalized spacial score (nSPS) is 16.7.